The number of aryl methyl sites for hydroxylation is 1. The highest BCUT2D eigenvalue weighted by molar-refractivity contribution is 7.89. The highest BCUT2D eigenvalue weighted by atomic mass is 32.2. The van der Waals surface area contributed by atoms with Crippen molar-refractivity contribution < 1.29 is 18.3 Å². The van der Waals surface area contributed by atoms with Crippen molar-refractivity contribution in [3.05, 3.63) is 83.7 Å². The van der Waals surface area contributed by atoms with E-state index in [1.165, 1.54) is 30.7 Å². The van der Waals surface area contributed by atoms with Gasteiger partial charge in [-0.05, 0) is 54.7 Å². The Morgan fingerprint density at radius 3 is 2.44 bits per heavy atom. The van der Waals surface area contributed by atoms with Crippen LogP contribution < -0.4 is 10.0 Å². The average Bonchev–Trinajstić information content (AvgIpc) is 2.84. The van der Waals surface area contributed by atoms with E-state index in [4.69, 9.17) is 5.11 Å². The van der Waals surface area contributed by atoms with Crippen LogP contribution >= 0.6 is 0 Å². The van der Waals surface area contributed by atoms with Crippen LogP contribution in [-0.2, 0) is 27.7 Å². The van der Waals surface area contributed by atoms with Gasteiger partial charge in [0.05, 0.1) is 11.7 Å². The minimum Gasteiger partial charge on any atom is -0.480 e. The zero-order valence-electron chi connectivity index (χ0n) is 19.1. The lowest BCUT2D eigenvalue weighted by atomic mass is 10.0. The molecule has 0 fully saturated rings. The van der Waals surface area contributed by atoms with Crippen LogP contribution in [0.4, 0.5) is 5.82 Å². The SMILES string of the molecule is CCCCCc1ccc(CC(NS(=O)(=O)c2ccccn2)c2cccc(NCC(=O)O)n2)cc1. The van der Waals surface area contributed by atoms with Crippen LogP contribution in [0.15, 0.2) is 71.9 Å². The van der Waals surface area contributed by atoms with Crippen molar-refractivity contribution in [2.75, 3.05) is 11.9 Å². The van der Waals surface area contributed by atoms with Gasteiger partial charge in [0.25, 0.3) is 10.0 Å². The minimum absolute atomic E-state index is 0.0774. The number of aromatic nitrogens is 2. The third-order valence-corrected chi connectivity index (χ3v) is 6.68. The van der Waals surface area contributed by atoms with Gasteiger partial charge in [-0.25, -0.2) is 23.1 Å². The Bertz CT molecular complexity index is 1170. The van der Waals surface area contributed by atoms with Crippen LogP contribution in [-0.4, -0.2) is 36.0 Å². The zero-order valence-corrected chi connectivity index (χ0v) is 20.0. The molecule has 0 aliphatic rings. The summed E-state index contributed by atoms with van der Waals surface area (Å²) in [5, 5.41) is 11.6. The number of hydrogen-bond acceptors (Lipinski definition) is 6. The summed E-state index contributed by atoms with van der Waals surface area (Å²) in [5.74, 6) is -0.660. The Morgan fingerprint density at radius 1 is 1.00 bits per heavy atom. The maximum absolute atomic E-state index is 13.0. The van der Waals surface area contributed by atoms with Crippen LogP contribution in [0.2, 0.25) is 0 Å². The third-order valence-electron chi connectivity index (χ3n) is 5.29. The number of benzene rings is 1. The van der Waals surface area contributed by atoms with Gasteiger partial charge >= 0.3 is 5.97 Å². The van der Waals surface area contributed by atoms with E-state index in [0.29, 0.717) is 17.9 Å². The van der Waals surface area contributed by atoms with Gasteiger partial charge in [-0.3, -0.25) is 4.79 Å². The summed E-state index contributed by atoms with van der Waals surface area (Å²) in [6.07, 6.45) is 6.32. The van der Waals surface area contributed by atoms with Crippen LogP contribution in [0.25, 0.3) is 0 Å². The number of nitrogens with one attached hydrogen (secondary N) is 2. The molecule has 3 aromatic rings. The summed E-state index contributed by atoms with van der Waals surface area (Å²) in [4.78, 5) is 19.3. The molecule has 0 saturated carbocycles. The number of rotatable bonds is 13. The second kappa shape index (κ2) is 12.2. The van der Waals surface area contributed by atoms with Crippen molar-refractivity contribution >= 4 is 21.8 Å². The fourth-order valence-electron chi connectivity index (χ4n) is 3.53. The topological polar surface area (TPSA) is 121 Å². The van der Waals surface area contributed by atoms with Crippen molar-refractivity contribution in [3.8, 4) is 0 Å². The normalized spacial score (nSPS) is 12.3. The summed E-state index contributed by atoms with van der Waals surface area (Å²) in [5.41, 5.74) is 2.68. The number of nitrogens with zero attached hydrogens (tertiary/aromatic N) is 2. The van der Waals surface area contributed by atoms with E-state index in [1.54, 1.807) is 30.3 Å². The highest BCUT2D eigenvalue weighted by Gasteiger charge is 2.24. The largest absolute Gasteiger partial charge is 0.480 e. The van der Waals surface area contributed by atoms with Crippen molar-refractivity contribution in [1.29, 1.82) is 0 Å². The summed E-state index contributed by atoms with van der Waals surface area (Å²) in [6.45, 7) is 1.88. The first-order valence-electron chi connectivity index (χ1n) is 11.3. The van der Waals surface area contributed by atoms with E-state index in [0.717, 1.165) is 18.4 Å². The Hall–Kier alpha value is -3.30. The molecule has 3 rings (SSSR count). The highest BCUT2D eigenvalue weighted by Crippen LogP contribution is 2.22. The number of unbranched alkanes of at least 4 members (excludes halogenated alkanes) is 2. The van der Waals surface area contributed by atoms with Crippen LogP contribution in [0, 0.1) is 0 Å². The molecule has 0 saturated heterocycles. The van der Waals surface area contributed by atoms with Gasteiger partial charge in [0, 0.05) is 6.20 Å². The van der Waals surface area contributed by atoms with Crippen LogP contribution in [0.1, 0.15) is 49.0 Å². The number of pyridine rings is 2. The number of anilines is 1. The molecular weight excluding hydrogens is 452 g/mol. The number of hydrogen-bond donors (Lipinski definition) is 3. The standard InChI is InChI=1S/C25H30N4O4S/c1-2-3-4-8-19-12-14-20(15-13-19)17-22(29-34(32,33)24-11-5-6-16-26-24)21-9-7-10-23(28-21)27-18-25(30)31/h5-7,9-16,22,29H,2-4,8,17-18H2,1H3,(H,27,28)(H,30,31). The van der Waals surface area contributed by atoms with Gasteiger partial charge in [-0.15, -0.1) is 0 Å². The van der Waals surface area contributed by atoms with E-state index in [-0.39, 0.29) is 11.6 Å². The second-order valence-corrected chi connectivity index (χ2v) is 9.68. The molecule has 0 radical (unpaired) electrons. The predicted molar refractivity (Wildman–Crippen MR) is 131 cm³/mol. The fraction of sp³-hybridized carbons (Fsp3) is 0.320. The van der Waals surface area contributed by atoms with Crippen molar-refractivity contribution in [2.45, 2.75) is 50.1 Å². The summed E-state index contributed by atoms with van der Waals surface area (Å²) >= 11 is 0. The van der Waals surface area contributed by atoms with E-state index in [9.17, 15) is 13.2 Å². The maximum Gasteiger partial charge on any atom is 0.322 e. The lowest BCUT2D eigenvalue weighted by molar-refractivity contribution is -0.134. The number of carboxylic acids is 1. The predicted octanol–water partition coefficient (Wildman–Crippen LogP) is 3.97. The first kappa shape index (κ1) is 25.3. The number of sulfonamides is 1. The van der Waals surface area contributed by atoms with E-state index in [2.05, 4.69) is 39.1 Å². The lowest BCUT2D eigenvalue weighted by Gasteiger charge is -2.19. The van der Waals surface area contributed by atoms with E-state index >= 15 is 0 Å². The van der Waals surface area contributed by atoms with Crippen molar-refractivity contribution in [3.63, 3.8) is 0 Å². The maximum atomic E-state index is 13.0. The van der Waals surface area contributed by atoms with Gasteiger partial charge in [0.1, 0.15) is 12.4 Å². The molecule has 9 heteroatoms. The molecule has 0 aliphatic heterocycles. The zero-order chi connectivity index (χ0) is 24.4. The van der Waals surface area contributed by atoms with Gasteiger partial charge in [-0.1, -0.05) is 56.2 Å². The molecule has 0 aliphatic carbocycles. The van der Waals surface area contributed by atoms with Gasteiger partial charge in [-0.2, -0.15) is 0 Å². The quantitative estimate of drug-likeness (QED) is 0.315. The molecule has 1 aromatic carbocycles. The molecule has 2 heterocycles. The third kappa shape index (κ3) is 7.64. The number of carboxylic acid groups (broad SMARTS) is 1. The first-order valence-corrected chi connectivity index (χ1v) is 12.8. The van der Waals surface area contributed by atoms with Crippen molar-refractivity contribution in [2.24, 2.45) is 0 Å². The average molecular weight is 483 g/mol. The van der Waals surface area contributed by atoms with E-state index in [1.807, 2.05) is 12.1 Å². The van der Waals surface area contributed by atoms with Crippen LogP contribution in [0.5, 0.6) is 0 Å². The summed E-state index contributed by atoms with van der Waals surface area (Å²) in [7, 11) is -3.91. The Balaban J connectivity index is 1.85. The molecule has 2 aromatic heterocycles. The molecular formula is C25H30N4O4S. The summed E-state index contributed by atoms with van der Waals surface area (Å²) in [6, 6.07) is 17.3. The molecule has 180 valence electrons. The first-order chi connectivity index (χ1) is 16.4. The molecule has 0 spiro atoms. The monoisotopic (exact) mass is 482 g/mol. The van der Waals surface area contributed by atoms with E-state index < -0.39 is 22.0 Å². The second-order valence-electron chi connectivity index (χ2n) is 8.01. The van der Waals surface area contributed by atoms with Crippen molar-refractivity contribution in [1.82, 2.24) is 14.7 Å². The Morgan fingerprint density at radius 2 is 1.76 bits per heavy atom. The minimum atomic E-state index is -3.91. The molecule has 1 atom stereocenters. The van der Waals surface area contributed by atoms with Gasteiger partial charge in [0.15, 0.2) is 5.03 Å². The fourth-order valence-corrected chi connectivity index (χ4v) is 4.68. The van der Waals surface area contributed by atoms with Crippen LogP contribution in [0.3, 0.4) is 0 Å². The molecule has 0 amide bonds. The molecule has 3 N–H and O–H groups in total. The molecule has 1 unspecified atom stereocenters. The lowest BCUT2D eigenvalue weighted by Crippen LogP contribution is -2.31. The Kier molecular flexibility index (Phi) is 9.12. The number of carbonyl (C=O) groups is 1. The van der Waals surface area contributed by atoms with Gasteiger partial charge < -0.3 is 10.4 Å². The molecule has 34 heavy (non-hydrogen) atoms. The Labute approximate surface area is 200 Å². The smallest absolute Gasteiger partial charge is 0.322 e. The molecule has 8 nitrogen and oxygen atoms in total. The molecule has 0 bridgehead atoms. The van der Waals surface area contributed by atoms with Gasteiger partial charge in [0.2, 0.25) is 0 Å². The number of aliphatic carboxylic acids is 1. The summed E-state index contributed by atoms with van der Waals surface area (Å²) < 4.78 is 28.8.